The van der Waals surface area contributed by atoms with Gasteiger partial charge in [-0.05, 0) is 12.1 Å². The van der Waals surface area contributed by atoms with Gasteiger partial charge in [0.15, 0.2) is 0 Å². The highest BCUT2D eigenvalue weighted by Gasteiger charge is 2.10. The molecule has 2 rings (SSSR count). The molecule has 86 valence electrons. The molecule has 0 radical (unpaired) electrons. The fraction of sp³-hybridized carbons (Fsp3) is 0.100. The summed E-state index contributed by atoms with van der Waals surface area (Å²) < 4.78 is 5.38. The Hall–Kier alpha value is -1.22. The van der Waals surface area contributed by atoms with Crippen molar-refractivity contribution in [3.05, 3.63) is 22.4 Å². The van der Waals surface area contributed by atoms with E-state index in [-0.39, 0.29) is 10.3 Å². The molecule has 0 atom stereocenters. The summed E-state index contributed by atoms with van der Waals surface area (Å²) in [6, 6.07) is 3.19. The summed E-state index contributed by atoms with van der Waals surface area (Å²) in [5.74, 6) is 3.27. The molecule has 0 spiro atoms. The van der Waals surface area contributed by atoms with Crippen LogP contribution in [0, 0.1) is 12.3 Å². The first-order valence-electron chi connectivity index (χ1n) is 4.42. The largest absolute Gasteiger partial charge is 0.411 e. The summed E-state index contributed by atoms with van der Waals surface area (Å²) in [5, 5.41) is 8.64. The van der Waals surface area contributed by atoms with E-state index < -0.39 is 0 Å². The summed E-state index contributed by atoms with van der Waals surface area (Å²) >= 11 is 12.8. The molecule has 0 aliphatic carbocycles. The summed E-state index contributed by atoms with van der Waals surface area (Å²) in [5.41, 5.74) is 0.620. The molecule has 0 fully saturated rings. The van der Waals surface area contributed by atoms with Gasteiger partial charge in [0.1, 0.15) is 10.3 Å². The van der Waals surface area contributed by atoms with E-state index in [2.05, 4.69) is 21.1 Å². The SMILES string of the molecule is C#CCSc1nnc(-c2cc(Cl)nc(Cl)c2)o1. The number of terminal acetylenes is 1. The number of halogens is 2. The first kappa shape index (κ1) is 12.2. The maximum Gasteiger partial charge on any atom is 0.277 e. The van der Waals surface area contributed by atoms with Gasteiger partial charge in [0.25, 0.3) is 5.22 Å². The molecular formula is C10H5Cl2N3OS. The normalized spacial score (nSPS) is 10.2. The third-order valence-electron chi connectivity index (χ3n) is 1.70. The van der Waals surface area contributed by atoms with Crippen LogP contribution in [0.1, 0.15) is 0 Å². The van der Waals surface area contributed by atoms with Crippen LogP contribution in [0.15, 0.2) is 21.8 Å². The van der Waals surface area contributed by atoms with Gasteiger partial charge < -0.3 is 4.42 Å². The molecule has 0 aromatic carbocycles. The van der Waals surface area contributed by atoms with Crippen molar-refractivity contribution in [3.8, 4) is 23.8 Å². The number of hydrogen-bond acceptors (Lipinski definition) is 5. The van der Waals surface area contributed by atoms with Crippen molar-refractivity contribution in [2.75, 3.05) is 5.75 Å². The van der Waals surface area contributed by atoms with Crippen LogP contribution < -0.4 is 0 Å². The maximum atomic E-state index is 5.77. The van der Waals surface area contributed by atoms with Gasteiger partial charge in [-0.25, -0.2) is 4.98 Å². The van der Waals surface area contributed by atoms with E-state index in [4.69, 9.17) is 34.0 Å². The Morgan fingerprint density at radius 3 is 2.65 bits per heavy atom. The van der Waals surface area contributed by atoms with Crippen LogP contribution in [0.25, 0.3) is 11.5 Å². The molecule has 2 aromatic rings. The minimum absolute atomic E-state index is 0.267. The molecule has 2 heterocycles. The monoisotopic (exact) mass is 285 g/mol. The van der Waals surface area contributed by atoms with E-state index in [9.17, 15) is 0 Å². The first-order chi connectivity index (χ1) is 8.19. The molecule has 0 unspecified atom stereocenters. The van der Waals surface area contributed by atoms with E-state index in [0.29, 0.717) is 22.4 Å². The second kappa shape index (κ2) is 5.41. The lowest BCUT2D eigenvalue weighted by Gasteiger charge is -1.96. The van der Waals surface area contributed by atoms with Crippen LogP contribution in [0.2, 0.25) is 10.3 Å². The zero-order chi connectivity index (χ0) is 12.3. The van der Waals surface area contributed by atoms with Crippen molar-refractivity contribution in [2.24, 2.45) is 0 Å². The van der Waals surface area contributed by atoms with Crippen molar-refractivity contribution < 1.29 is 4.42 Å². The molecule has 17 heavy (non-hydrogen) atoms. The Kier molecular flexibility index (Phi) is 3.89. The Balaban J connectivity index is 2.27. The third kappa shape index (κ3) is 3.13. The number of thioether (sulfide) groups is 1. The second-order valence-electron chi connectivity index (χ2n) is 2.87. The molecule has 0 N–H and O–H groups in total. The van der Waals surface area contributed by atoms with E-state index in [1.54, 1.807) is 12.1 Å². The molecule has 0 bridgehead atoms. The standard InChI is InChI=1S/C10H5Cl2N3OS/c1-2-3-17-10-15-14-9(16-10)6-4-7(11)13-8(12)5-6/h1,4-5H,3H2. The Morgan fingerprint density at radius 1 is 1.29 bits per heavy atom. The Morgan fingerprint density at radius 2 is 2.00 bits per heavy atom. The molecule has 0 saturated heterocycles. The van der Waals surface area contributed by atoms with Gasteiger partial charge in [0.2, 0.25) is 5.89 Å². The van der Waals surface area contributed by atoms with Crippen molar-refractivity contribution in [1.29, 1.82) is 0 Å². The van der Waals surface area contributed by atoms with E-state index in [1.165, 1.54) is 11.8 Å². The molecule has 0 saturated carbocycles. The second-order valence-corrected chi connectivity index (χ2v) is 4.57. The summed E-state index contributed by atoms with van der Waals surface area (Å²) in [6.45, 7) is 0. The molecule has 4 nitrogen and oxygen atoms in total. The fourth-order valence-electron chi connectivity index (χ4n) is 1.08. The number of pyridine rings is 1. The van der Waals surface area contributed by atoms with Gasteiger partial charge in [-0.2, -0.15) is 0 Å². The molecule has 7 heteroatoms. The first-order valence-corrected chi connectivity index (χ1v) is 6.16. The van der Waals surface area contributed by atoms with E-state index >= 15 is 0 Å². The van der Waals surface area contributed by atoms with E-state index in [0.717, 1.165) is 0 Å². The number of rotatable bonds is 3. The lowest BCUT2D eigenvalue weighted by Crippen LogP contribution is -1.82. The molecule has 0 aliphatic heterocycles. The minimum atomic E-state index is 0.267. The molecule has 0 amide bonds. The van der Waals surface area contributed by atoms with Gasteiger partial charge in [0, 0.05) is 5.56 Å². The fourth-order valence-corrected chi connectivity index (χ4v) is 1.98. The number of nitrogens with zero attached hydrogens (tertiary/aromatic N) is 3. The van der Waals surface area contributed by atoms with Crippen molar-refractivity contribution in [3.63, 3.8) is 0 Å². The highest BCUT2D eigenvalue weighted by atomic mass is 35.5. The molecule has 2 aromatic heterocycles. The van der Waals surface area contributed by atoms with E-state index in [1.807, 2.05) is 0 Å². The average Bonchev–Trinajstić information content (AvgIpc) is 2.73. The van der Waals surface area contributed by atoms with Crippen LogP contribution in [0.4, 0.5) is 0 Å². The predicted molar refractivity (Wildman–Crippen MR) is 67.1 cm³/mol. The van der Waals surface area contributed by atoms with Gasteiger partial charge in [0.05, 0.1) is 5.75 Å². The van der Waals surface area contributed by atoms with Crippen molar-refractivity contribution >= 4 is 35.0 Å². The highest BCUT2D eigenvalue weighted by Crippen LogP contribution is 2.26. The lowest BCUT2D eigenvalue weighted by atomic mass is 10.3. The minimum Gasteiger partial charge on any atom is -0.411 e. The van der Waals surface area contributed by atoms with Gasteiger partial charge in [-0.1, -0.05) is 40.9 Å². The Labute approximate surface area is 112 Å². The van der Waals surface area contributed by atoms with Gasteiger partial charge in [-0.3, -0.25) is 0 Å². The van der Waals surface area contributed by atoms with Crippen LogP contribution in [-0.2, 0) is 0 Å². The number of hydrogen-bond donors (Lipinski definition) is 0. The molecular weight excluding hydrogens is 281 g/mol. The summed E-state index contributed by atoms with van der Waals surface area (Å²) in [7, 11) is 0. The van der Waals surface area contributed by atoms with Crippen LogP contribution >= 0.6 is 35.0 Å². The smallest absolute Gasteiger partial charge is 0.277 e. The van der Waals surface area contributed by atoms with Crippen LogP contribution in [0.5, 0.6) is 0 Å². The van der Waals surface area contributed by atoms with Crippen LogP contribution in [0.3, 0.4) is 0 Å². The highest BCUT2D eigenvalue weighted by molar-refractivity contribution is 7.99. The molecule has 0 aliphatic rings. The Bertz CT molecular complexity index is 559. The quantitative estimate of drug-likeness (QED) is 0.493. The zero-order valence-corrected chi connectivity index (χ0v) is 10.7. The summed E-state index contributed by atoms with van der Waals surface area (Å²) in [4.78, 5) is 3.83. The predicted octanol–water partition coefficient (Wildman–Crippen LogP) is 3.16. The van der Waals surface area contributed by atoms with Gasteiger partial charge in [-0.15, -0.1) is 16.6 Å². The zero-order valence-electron chi connectivity index (χ0n) is 8.35. The maximum absolute atomic E-state index is 5.77. The average molecular weight is 286 g/mol. The van der Waals surface area contributed by atoms with Crippen molar-refractivity contribution in [2.45, 2.75) is 5.22 Å². The summed E-state index contributed by atoms with van der Waals surface area (Å²) in [6.07, 6.45) is 5.13. The van der Waals surface area contributed by atoms with Gasteiger partial charge >= 0.3 is 0 Å². The third-order valence-corrected chi connectivity index (χ3v) is 2.81. The topological polar surface area (TPSA) is 51.8 Å². The number of aromatic nitrogens is 3. The lowest BCUT2D eigenvalue weighted by molar-refractivity contribution is 0.466. The van der Waals surface area contributed by atoms with Crippen LogP contribution in [-0.4, -0.2) is 20.9 Å². The van der Waals surface area contributed by atoms with Crippen molar-refractivity contribution in [1.82, 2.24) is 15.2 Å².